The SMILES string of the molecule is CCCCNC(=O)c1cc(S(=O)(=O)Cl)cc(Cl)c1C. The van der Waals surface area contributed by atoms with Gasteiger partial charge in [-0.25, -0.2) is 8.42 Å². The third kappa shape index (κ3) is 4.37. The van der Waals surface area contributed by atoms with Crippen molar-refractivity contribution in [1.82, 2.24) is 5.32 Å². The number of unbranched alkanes of at least 4 members (excludes halogenated alkanes) is 1. The fraction of sp³-hybridized carbons (Fsp3) is 0.417. The van der Waals surface area contributed by atoms with Crippen molar-refractivity contribution in [3.8, 4) is 0 Å². The lowest BCUT2D eigenvalue weighted by atomic mass is 10.1. The normalized spacial score (nSPS) is 11.4. The molecule has 1 rings (SSSR count). The van der Waals surface area contributed by atoms with Gasteiger partial charge >= 0.3 is 0 Å². The number of rotatable bonds is 5. The van der Waals surface area contributed by atoms with Crippen molar-refractivity contribution in [2.45, 2.75) is 31.6 Å². The van der Waals surface area contributed by atoms with Gasteiger partial charge in [-0.3, -0.25) is 4.79 Å². The van der Waals surface area contributed by atoms with E-state index in [1.807, 2.05) is 6.92 Å². The molecule has 0 spiro atoms. The van der Waals surface area contributed by atoms with Crippen LogP contribution in [0.5, 0.6) is 0 Å². The average molecular weight is 324 g/mol. The zero-order chi connectivity index (χ0) is 14.6. The van der Waals surface area contributed by atoms with Crippen LogP contribution >= 0.6 is 22.3 Å². The zero-order valence-corrected chi connectivity index (χ0v) is 13.0. The number of carbonyl (C=O) groups is 1. The Balaban J connectivity index is 3.13. The Morgan fingerprint density at radius 1 is 1.37 bits per heavy atom. The van der Waals surface area contributed by atoms with Gasteiger partial charge in [-0.2, -0.15) is 0 Å². The molecule has 0 bridgehead atoms. The van der Waals surface area contributed by atoms with E-state index in [0.717, 1.165) is 12.8 Å². The molecule has 1 aromatic rings. The summed E-state index contributed by atoms with van der Waals surface area (Å²) in [7, 11) is 1.35. The smallest absolute Gasteiger partial charge is 0.261 e. The third-order valence-electron chi connectivity index (χ3n) is 2.66. The topological polar surface area (TPSA) is 63.2 Å². The van der Waals surface area contributed by atoms with E-state index < -0.39 is 9.05 Å². The summed E-state index contributed by atoms with van der Waals surface area (Å²) in [5.41, 5.74) is 0.752. The first-order chi connectivity index (χ1) is 8.77. The molecule has 0 saturated heterocycles. The number of hydrogen-bond donors (Lipinski definition) is 1. The van der Waals surface area contributed by atoms with Crippen LogP contribution in [0.3, 0.4) is 0 Å². The van der Waals surface area contributed by atoms with Crippen molar-refractivity contribution >= 4 is 37.2 Å². The molecule has 106 valence electrons. The van der Waals surface area contributed by atoms with Gasteiger partial charge in [-0.15, -0.1) is 0 Å². The molecule has 0 aliphatic heterocycles. The Bertz CT molecular complexity index is 585. The van der Waals surface area contributed by atoms with Crippen molar-refractivity contribution in [2.24, 2.45) is 0 Å². The Morgan fingerprint density at radius 3 is 2.53 bits per heavy atom. The van der Waals surface area contributed by atoms with Crippen LogP contribution < -0.4 is 5.32 Å². The highest BCUT2D eigenvalue weighted by atomic mass is 35.7. The summed E-state index contributed by atoms with van der Waals surface area (Å²) in [4.78, 5) is 11.8. The van der Waals surface area contributed by atoms with Crippen molar-refractivity contribution in [1.29, 1.82) is 0 Å². The monoisotopic (exact) mass is 323 g/mol. The van der Waals surface area contributed by atoms with Gasteiger partial charge in [0.15, 0.2) is 0 Å². The van der Waals surface area contributed by atoms with Crippen LogP contribution in [0.1, 0.15) is 35.7 Å². The number of halogens is 2. The number of carbonyl (C=O) groups excluding carboxylic acids is 1. The van der Waals surface area contributed by atoms with Crippen LogP contribution in [0.15, 0.2) is 17.0 Å². The minimum atomic E-state index is -3.92. The highest BCUT2D eigenvalue weighted by molar-refractivity contribution is 8.13. The molecule has 19 heavy (non-hydrogen) atoms. The molecule has 0 aromatic heterocycles. The lowest BCUT2D eigenvalue weighted by molar-refractivity contribution is 0.0952. The molecule has 7 heteroatoms. The fourth-order valence-corrected chi connectivity index (χ4v) is 2.57. The fourth-order valence-electron chi connectivity index (χ4n) is 1.50. The number of hydrogen-bond acceptors (Lipinski definition) is 3. The van der Waals surface area contributed by atoms with Crippen LogP contribution in [0.4, 0.5) is 0 Å². The lowest BCUT2D eigenvalue weighted by Crippen LogP contribution is -2.25. The zero-order valence-electron chi connectivity index (χ0n) is 10.7. The summed E-state index contributed by atoms with van der Waals surface area (Å²) in [5.74, 6) is -0.352. The summed E-state index contributed by atoms with van der Waals surface area (Å²) in [6, 6.07) is 2.48. The third-order valence-corrected chi connectivity index (χ3v) is 4.39. The van der Waals surface area contributed by atoms with Crippen molar-refractivity contribution in [3.63, 3.8) is 0 Å². The molecule has 1 aromatic carbocycles. The molecular weight excluding hydrogens is 309 g/mol. The molecule has 0 fully saturated rings. The minimum Gasteiger partial charge on any atom is -0.352 e. The largest absolute Gasteiger partial charge is 0.352 e. The van der Waals surface area contributed by atoms with E-state index in [1.54, 1.807) is 6.92 Å². The second-order valence-electron chi connectivity index (χ2n) is 4.12. The van der Waals surface area contributed by atoms with Crippen LogP contribution in [-0.4, -0.2) is 20.9 Å². The van der Waals surface area contributed by atoms with Gasteiger partial charge in [-0.1, -0.05) is 24.9 Å². The first-order valence-corrected chi connectivity index (χ1v) is 8.49. The van der Waals surface area contributed by atoms with Crippen molar-refractivity contribution in [2.75, 3.05) is 6.54 Å². The molecular formula is C12H15Cl2NO3S. The molecule has 0 unspecified atom stereocenters. The second-order valence-corrected chi connectivity index (χ2v) is 7.10. The van der Waals surface area contributed by atoms with E-state index >= 15 is 0 Å². The van der Waals surface area contributed by atoms with E-state index in [4.69, 9.17) is 22.3 Å². The summed E-state index contributed by atoms with van der Waals surface area (Å²) < 4.78 is 22.6. The summed E-state index contributed by atoms with van der Waals surface area (Å²) in [6.45, 7) is 4.20. The van der Waals surface area contributed by atoms with Crippen LogP contribution in [0.25, 0.3) is 0 Å². The molecule has 0 radical (unpaired) electrons. The predicted molar refractivity (Wildman–Crippen MR) is 76.5 cm³/mol. The highest BCUT2D eigenvalue weighted by Crippen LogP contribution is 2.26. The van der Waals surface area contributed by atoms with Gasteiger partial charge in [0, 0.05) is 27.8 Å². The Morgan fingerprint density at radius 2 is 2.00 bits per heavy atom. The van der Waals surface area contributed by atoms with Crippen molar-refractivity contribution < 1.29 is 13.2 Å². The van der Waals surface area contributed by atoms with Crippen LogP contribution in [0.2, 0.25) is 5.02 Å². The molecule has 0 atom stereocenters. The van der Waals surface area contributed by atoms with E-state index in [1.165, 1.54) is 12.1 Å². The Hall–Kier alpha value is -0.780. The molecule has 0 aliphatic carbocycles. The maximum absolute atomic E-state index is 12.0. The molecule has 1 amide bonds. The standard InChI is InChI=1S/C12H15Cl2NO3S/c1-3-4-5-15-12(16)10-6-9(19(14,17)18)7-11(13)8(10)2/h6-7H,3-5H2,1-2H3,(H,15,16). The molecule has 0 saturated carbocycles. The molecule has 0 aliphatic rings. The second kappa shape index (κ2) is 6.59. The van der Waals surface area contributed by atoms with E-state index in [9.17, 15) is 13.2 Å². The number of benzene rings is 1. The molecule has 0 heterocycles. The van der Waals surface area contributed by atoms with E-state index in [-0.39, 0.29) is 21.4 Å². The summed E-state index contributed by atoms with van der Waals surface area (Å²) in [5, 5.41) is 2.91. The van der Waals surface area contributed by atoms with E-state index in [2.05, 4.69) is 5.32 Å². The number of nitrogens with one attached hydrogen (secondary N) is 1. The van der Waals surface area contributed by atoms with Gasteiger partial charge in [0.2, 0.25) is 0 Å². The van der Waals surface area contributed by atoms with Gasteiger partial charge in [0.05, 0.1) is 4.90 Å². The summed E-state index contributed by atoms with van der Waals surface area (Å²) in [6.07, 6.45) is 1.81. The lowest BCUT2D eigenvalue weighted by Gasteiger charge is -2.10. The van der Waals surface area contributed by atoms with Crippen molar-refractivity contribution in [3.05, 3.63) is 28.3 Å². The van der Waals surface area contributed by atoms with Gasteiger partial charge in [0.1, 0.15) is 0 Å². The summed E-state index contributed by atoms with van der Waals surface area (Å²) >= 11 is 5.93. The molecule has 4 nitrogen and oxygen atoms in total. The first kappa shape index (κ1) is 16.3. The maximum Gasteiger partial charge on any atom is 0.261 e. The Kier molecular flexibility index (Phi) is 5.64. The van der Waals surface area contributed by atoms with Gasteiger partial charge < -0.3 is 5.32 Å². The van der Waals surface area contributed by atoms with Crippen LogP contribution in [-0.2, 0) is 9.05 Å². The minimum absolute atomic E-state index is 0.176. The van der Waals surface area contributed by atoms with Gasteiger partial charge in [-0.05, 0) is 31.0 Å². The quantitative estimate of drug-likeness (QED) is 0.669. The maximum atomic E-state index is 12.0. The predicted octanol–water partition coefficient (Wildman–Crippen LogP) is 3.11. The average Bonchev–Trinajstić information content (AvgIpc) is 2.31. The van der Waals surface area contributed by atoms with Crippen LogP contribution in [0, 0.1) is 6.92 Å². The first-order valence-electron chi connectivity index (χ1n) is 5.80. The highest BCUT2D eigenvalue weighted by Gasteiger charge is 2.18. The Labute approximate surface area is 122 Å². The van der Waals surface area contributed by atoms with E-state index in [0.29, 0.717) is 12.1 Å². The number of amides is 1. The van der Waals surface area contributed by atoms with Gasteiger partial charge in [0.25, 0.3) is 15.0 Å². The molecule has 1 N–H and O–H groups in total.